The van der Waals surface area contributed by atoms with Crippen LogP contribution in [-0.4, -0.2) is 87.7 Å². The average Bonchev–Trinajstić information content (AvgIpc) is 1.81. The van der Waals surface area contributed by atoms with E-state index in [9.17, 15) is 50.6 Å². The molecule has 0 spiro atoms. The highest BCUT2D eigenvalue weighted by molar-refractivity contribution is 9.10. The first-order valence-electron chi connectivity index (χ1n) is 28.0. The summed E-state index contributed by atoms with van der Waals surface area (Å²) < 4.78 is 83.3. The summed E-state index contributed by atoms with van der Waals surface area (Å²) in [5.74, 6) is -0.775. The Hall–Kier alpha value is -8.06. The maximum absolute atomic E-state index is 13.2. The molecule has 478 valence electrons. The predicted octanol–water partition coefficient (Wildman–Crippen LogP) is 15.4. The van der Waals surface area contributed by atoms with Crippen LogP contribution in [0, 0.1) is 20.8 Å². The number of nitrogens with one attached hydrogen (secondary N) is 3. The maximum Gasteiger partial charge on any atom is 0.416 e. The monoisotopic (exact) mass is 1400 g/mol. The Bertz CT molecular complexity index is 4010. The fourth-order valence-corrected chi connectivity index (χ4v) is 10.3. The SMILES string of the molecule is CCN(CC)C(=O)CC(NC(=O)c1cnn(-c2ccc(Cl)c(Cl)c2)c1C)c1cccc(Br)c1.Cc1c(C(=O)N[C@@H](C)c2cccc(C(F)(F)F)c2)cnn1-c1ccc(Cl)cn1.Cc1c(C(=O)N[C@@H](CCO)c2cccc(C(F)(F)F)c2)cnn1-c1ccc(Cl)cc1. The van der Waals surface area contributed by atoms with Crippen LogP contribution in [-0.2, 0) is 17.1 Å². The lowest BCUT2D eigenvalue weighted by atomic mass is 10.0. The third-order valence-electron chi connectivity index (χ3n) is 14.4. The van der Waals surface area contributed by atoms with Crippen molar-refractivity contribution in [2.75, 3.05) is 19.7 Å². The molecule has 0 saturated carbocycles. The number of hydrogen-bond donors (Lipinski definition) is 4. The molecule has 4 aromatic heterocycles. The Morgan fingerprint density at radius 2 is 1.03 bits per heavy atom. The van der Waals surface area contributed by atoms with Crippen LogP contribution >= 0.6 is 62.3 Å². The summed E-state index contributed by atoms with van der Waals surface area (Å²) in [6.45, 7) is 11.6. The molecule has 4 N–H and O–H groups in total. The van der Waals surface area contributed by atoms with Crippen LogP contribution in [0.25, 0.3) is 17.2 Å². The normalized spacial score (nSPS) is 12.3. The van der Waals surface area contributed by atoms with Crippen molar-refractivity contribution >= 4 is 86.0 Å². The van der Waals surface area contributed by atoms with Crippen LogP contribution in [0.3, 0.4) is 0 Å². The molecule has 1 unspecified atom stereocenters. The summed E-state index contributed by atoms with van der Waals surface area (Å²) >= 11 is 27.3. The summed E-state index contributed by atoms with van der Waals surface area (Å²) in [5, 5.41) is 32.4. The van der Waals surface area contributed by atoms with Gasteiger partial charge in [-0.3, -0.25) is 19.2 Å². The van der Waals surface area contributed by atoms with E-state index in [2.05, 4.69) is 52.2 Å². The van der Waals surface area contributed by atoms with Crippen molar-refractivity contribution in [1.29, 1.82) is 0 Å². The summed E-state index contributed by atoms with van der Waals surface area (Å²) in [7, 11) is 0. The molecular formula is C64H60BrCl4F6N11O5. The van der Waals surface area contributed by atoms with Gasteiger partial charge in [0, 0.05) is 35.4 Å². The molecule has 0 aliphatic carbocycles. The number of carbonyl (C=O) groups is 4. The Balaban J connectivity index is 0.000000195. The molecule has 0 saturated heterocycles. The highest BCUT2D eigenvalue weighted by Gasteiger charge is 2.33. The van der Waals surface area contributed by atoms with Gasteiger partial charge in [0.2, 0.25) is 5.91 Å². The third kappa shape index (κ3) is 18.3. The van der Waals surface area contributed by atoms with Gasteiger partial charge in [-0.1, -0.05) is 98.7 Å². The average molecular weight is 1400 g/mol. The second-order valence-corrected chi connectivity index (χ2v) is 23.0. The van der Waals surface area contributed by atoms with Gasteiger partial charge in [-0.05, 0) is 156 Å². The molecule has 91 heavy (non-hydrogen) atoms. The number of hydrogen-bond acceptors (Lipinski definition) is 9. The molecule has 27 heteroatoms. The van der Waals surface area contributed by atoms with Gasteiger partial charge in [-0.15, -0.1) is 0 Å². The van der Waals surface area contributed by atoms with Crippen molar-refractivity contribution in [3.05, 3.63) is 238 Å². The van der Waals surface area contributed by atoms with Crippen LogP contribution in [0.15, 0.2) is 157 Å². The number of aromatic nitrogens is 7. The maximum atomic E-state index is 13.2. The molecule has 4 heterocycles. The first kappa shape index (κ1) is 70.4. The van der Waals surface area contributed by atoms with E-state index in [0.29, 0.717) is 84.1 Å². The van der Waals surface area contributed by atoms with Gasteiger partial charge < -0.3 is 26.0 Å². The number of carbonyl (C=O) groups excluding carboxylic acids is 4. The minimum atomic E-state index is -4.50. The van der Waals surface area contributed by atoms with Crippen LogP contribution in [0.2, 0.25) is 20.1 Å². The molecule has 5 aromatic carbocycles. The van der Waals surface area contributed by atoms with Crippen LogP contribution in [0.1, 0.15) is 128 Å². The van der Waals surface area contributed by atoms with Crippen LogP contribution in [0.4, 0.5) is 26.3 Å². The molecule has 16 nitrogen and oxygen atoms in total. The quantitative estimate of drug-likeness (QED) is 0.0605. The van der Waals surface area contributed by atoms with Gasteiger partial charge in [0.1, 0.15) is 0 Å². The molecule has 0 aliphatic rings. The number of nitrogens with zero attached hydrogens (tertiary/aromatic N) is 8. The number of halogens is 11. The largest absolute Gasteiger partial charge is 0.416 e. The van der Waals surface area contributed by atoms with Gasteiger partial charge in [-0.2, -0.15) is 41.6 Å². The molecule has 0 fully saturated rings. The molecular weight excluding hydrogens is 1340 g/mol. The van der Waals surface area contributed by atoms with E-state index in [4.69, 9.17) is 46.4 Å². The van der Waals surface area contributed by atoms with E-state index in [1.165, 1.54) is 53.7 Å². The number of alkyl halides is 6. The van der Waals surface area contributed by atoms with Crippen molar-refractivity contribution in [2.24, 2.45) is 0 Å². The highest BCUT2D eigenvalue weighted by atomic mass is 79.9. The smallest absolute Gasteiger partial charge is 0.396 e. The Morgan fingerprint density at radius 3 is 1.55 bits per heavy atom. The van der Waals surface area contributed by atoms with Crippen LogP contribution in [0.5, 0.6) is 0 Å². The van der Waals surface area contributed by atoms with Crippen molar-refractivity contribution in [2.45, 2.75) is 84.9 Å². The second kappa shape index (κ2) is 31.3. The first-order chi connectivity index (χ1) is 43.1. The van der Waals surface area contributed by atoms with E-state index in [0.717, 1.165) is 34.3 Å². The molecule has 9 rings (SSSR count). The first-order valence-corrected chi connectivity index (χ1v) is 30.3. The Kier molecular flexibility index (Phi) is 24.2. The van der Waals surface area contributed by atoms with Crippen molar-refractivity contribution in [3.8, 4) is 17.2 Å². The zero-order valence-corrected chi connectivity index (χ0v) is 54.1. The van der Waals surface area contributed by atoms with Gasteiger partial charge >= 0.3 is 12.4 Å². The molecule has 3 atom stereocenters. The summed E-state index contributed by atoms with van der Waals surface area (Å²) in [6, 6.07) is 30.6. The molecule has 4 amide bonds. The van der Waals surface area contributed by atoms with Crippen molar-refractivity contribution in [3.63, 3.8) is 0 Å². The zero-order chi connectivity index (χ0) is 66.5. The van der Waals surface area contributed by atoms with E-state index < -0.39 is 53.4 Å². The Labute approximate surface area is 548 Å². The fraction of sp³-hybridized carbons (Fsp3) is 0.250. The van der Waals surface area contributed by atoms with Gasteiger partial charge in [0.25, 0.3) is 17.7 Å². The van der Waals surface area contributed by atoms with Crippen molar-refractivity contribution in [1.82, 2.24) is 55.2 Å². The van der Waals surface area contributed by atoms with Gasteiger partial charge in [-0.25, -0.2) is 19.0 Å². The third-order valence-corrected chi connectivity index (χ3v) is 16.1. The fourth-order valence-electron chi connectivity index (χ4n) is 9.39. The number of aliphatic hydroxyl groups is 1. The molecule has 0 aliphatic heterocycles. The predicted molar refractivity (Wildman–Crippen MR) is 340 cm³/mol. The van der Waals surface area contributed by atoms with Crippen molar-refractivity contribution < 1.29 is 50.6 Å². The number of amides is 4. The topological polar surface area (TPSA) is 194 Å². The lowest BCUT2D eigenvalue weighted by molar-refractivity contribution is -0.138. The van der Waals surface area contributed by atoms with Gasteiger partial charge in [0.15, 0.2) is 5.82 Å². The lowest BCUT2D eigenvalue weighted by Gasteiger charge is -2.24. The zero-order valence-electron chi connectivity index (χ0n) is 49.5. The Morgan fingerprint density at radius 1 is 0.560 bits per heavy atom. The van der Waals surface area contributed by atoms with E-state index >= 15 is 0 Å². The molecule has 0 radical (unpaired) electrons. The standard InChI is InChI=1S/C24H25BrCl2N4O2.C21H19ClF3N3O2.C19H16ClF3N4O/c1-4-30(5-2)23(32)13-22(16-7-6-8-17(25)11-16)29-24(33)19-14-28-31(15(19)3)18-9-10-20(26)21(27)12-18;1-13-18(12-26-28(13)17-7-5-16(22)6-8-17)20(30)27-19(9-10-29)14-3-2-4-15(11-14)21(23,24)25;1-11(13-4-3-5-14(8-13)19(21,22)23)26-18(28)16-10-25-27(12(16)2)17-7-6-15(20)9-24-17/h6-12,14,22H,4-5,13H2,1-3H3,(H,29,33);2-8,11-12,19,29H,9-10H2,1H3,(H,27,30);3-11H,1-2H3,(H,26,28)/t;19-;11-/m.00/s1. The number of pyridine rings is 1. The number of aliphatic hydroxyl groups excluding tert-OH is 1. The number of benzene rings is 5. The minimum absolute atomic E-state index is 0.0199. The van der Waals surface area contributed by atoms with Gasteiger partial charge in [0.05, 0.1) is 114 Å². The molecule has 0 bridgehead atoms. The summed E-state index contributed by atoms with van der Waals surface area (Å²) in [6.07, 6.45) is -2.96. The number of rotatable bonds is 18. The highest BCUT2D eigenvalue weighted by Crippen LogP contribution is 2.34. The van der Waals surface area contributed by atoms with E-state index in [-0.39, 0.29) is 42.4 Å². The second-order valence-electron chi connectivity index (χ2n) is 20.4. The summed E-state index contributed by atoms with van der Waals surface area (Å²) in [5.41, 5.74) is 4.02. The van der Waals surface area contributed by atoms with Crippen LogP contribution < -0.4 is 16.0 Å². The molecule has 9 aromatic rings. The lowest BCUT2D eigenvalue weighted by Crippen LogP contribution is -2.36. The minimum Gasteiger partial charge on any atom is -0.396 e. The summed E-state index contributed by atoms with van der Waals surface area (Å²) in [4.78, 5) is 57.4. The van der Waals surface area contributed by atoms with E-state index in [1.54, 1.807) is 96.6 Å². The van der Waals surface area contributed by atoms with E-state index in [1.807, 2.05) is 38.1 Å².